The molecule has 0 radical (unpaired) electrons. The molecule has 1 aliphatic rings. The molecule has 1 aliphatic carbocycles. The standard InChI is InChI=1S/C32H24.C2H6/c1-23-15-19-26(20-16-23)32(27-21-17-25(18-22-27)24-9-3-2-4-10-24)30-13-7-5-11-28(30)29-12-6-8-14-31(29)32;1-2/h2-22H,1H3;1-2H3. The summed E-state index contributed by atoms with van der Waals surface area (Å²) in [5.74, 6) is 0. The van der Waals surface area contributed by atoms with Crippen LogP contribution in [0.3, 0.4) is 0 Å². The third kappa shape index (κ3) is 3.38. The molecule has 5 aromatic carbocycles. The molecule has 166 valence electrons. The van der Waals surface area contributed by atoms with Crippen LogP contribution in [0.5, 0.6) is 0 Å². The summed E-state index contributed by atoms with van der Waals surface area (Å²) < 4.78 is 0. The van der Waals surface area contributed by atoms with E-state index in [4.69, 9.17) is 0 Å². The average Bonchev–Trinajstić information content (AvgIpc) is 3.22. The first-order chi connectivity index (χ1) is 16.8. The Labute approximate surface area is 203 Å². The van der Waals surface area contributed by atoms with E-state index in [1.807, 2.05) is 13.8 Å². The van der Waals surface area contributed by atoms with Crippen LogP contribution in [0.25, 0.3) is 22.3 Å². The van der Waals surface area contributed by atoms with Gasteiger partial charge in [-0.2, -0.15) is 0 Å². The van der Waals surface area contributed by atoms with E-state index in [9.17, 15) is 0 Å². The van der Waals surface area contributed by atoms with Crippen LogP contribution < -0.4 is 0 Å². The van der Waals surface area contributed by atoms with Crippen LogP contribution in [0.2, 0.25) is 0 Å². The predicted molar refractivity (Wildman–Crippen MR) is 145 cm³/mol. The smallest absolute Gasteiger partial charge is 0.0683 e. The Kier molecular flexibility index (Phi) is 5.90. The fourth-order valence-electron chi connectivity index (χ4n) is 5.37. The minimum atomic E-state index is -0.323. The van der Waals surface area contributed by atoms with Crippen LogP contribution >= 0.6 is 0 Å². The highest BCUT2D eigenvalue weighted by Gasteiger charge is 2.45. The van der Waals surface area contributed by atoms with Gasteiger partial charge in [-0.3, -0.25) is 0 Å². The molecule has 0 heteroatoms. The second-order valence-corrected chi connectivity index (χ2v) is 8.65. The molecule has 0 saturated heterocycles. The highest BCUT2D eigenvalue weighted by atomic mass is 14.5. The molecule has 0 aliphatic heterocycles. The summed E-state index contributed by atoms with van der Waals surface area (Å²) in [6, 6.07) is 46.7. The van der Waals surface area contributed by atoms with Crippen molar-refractivity contribution in [2.45, 2.75) is 26.2 Å². The highest BCUT2D eigenvalue weighted by molar-refractivity contribution is 5.86. The van der Waals surface area contributed by atoms with Crippen molar-refractivity contribution in [1.29, 1.82) is 0 Å². The number of rotatable bonds is 3. The first-order valence-corrected chi connectivity index (χ1v) is 12.2. The van der Waals surface area contributed by atoms with Crippen LogP contribution in [-0.2, 0) is 5.41 Å². The summed E-state index contributed by atoms with van der Waals surface area (Å²) >= 11 is 0. The molecule has 0 heterocycles. The maximum Gasteiger partial charge on any atom is 0.0713 e. The molecule has 0 saturated carbocycles. The first kappa shape index (κ1) is 21.9. The van der Waals surface area contributed by atoms with E-state index in [0.29, 0.717) is 0 Å². The van der Waals surface area contributed by atoms with Gasteiger partial charge < -0.3 is 0 Å². The number of fused-ring (bicyclic) bond motifs is 3. The van der Waals surface area contributed by atoms with Crippen molar-refractivity contribution < 1.29 is 0 Å². The van der Waals surface area contributed by atoms with Gasteiger partial charge in [0.2, 0.25) is 0 Å². The Hall–Kier alpha value is -3.90. The van der Waals surface area contributed by atoms with Crippen molar-refractivity contribution in [3.63, 3.8) is 0 Å². The molecule has 0 aromatic heterocycles. The van der Waals surface area contributed by atoms with Gasteiger partial charge in [-0.05, 0) is 51.4 Å². The predicted octanol–water partition coefficient (Wildman–Crippen LogP) is 9.05. The Bertz CT molecular complexity index is 1350. The van der Waals surface area contributed by atoms with Crippen molar-refractivity contribution in [3.05, 3.63) is 155 Å². The lowest BCUT2D eigenvalue weighted by Gasteiger charge is -2.34. The lowest BCUT2D eigenvalue weighted by Crippen LogP contribution is -2.28. The first-order valence-electron chi connectivity index (χ1n) is 12.2. The van der Waals surface area contributed by atoms with Gasteiger partial charge in [0.1, 0.15) is 0 Å². The van der Waals surface area contributed by atoms with Gasteiger partial charge in [0.15, 0.2) is 0 Å². The molecule has 0 bridgehead atoms. The SMILES string of the molecule is CC.Cc1ccc(C2(c3ccc(-c4ccccc4)cc3)c3ccccc3-c3ccccc32)cc1. The number of benzene rings is 5. The average molecular weight is 439 g/mol. The molecular weight excluding hydrogens is 408 g/mol. The molecule has 0 unspecified atom stereocenters. The van der Waals surface area contributed by atoms with Crippen molar-refractivity contribution in [2.24, 2.45) is 0 Å². The molecule has 5 aromatic rings. The third-order valence-electron chi connectivity index (χ3n) is 6.86. The zero-order valence-electron chi connectivity index (χ0n) is 20.1. The monoisotopic (exact) mass is 438 g/mol. The lowest BCUT2D eigenvalue weighted by molar-refractivity contribution is 0.768. The second-order valence-electron chi connectivity index (χ2n) is 8.65. The Balaban J connectivity index is 0.00000117. The third-order valence-corrected chi connectivity index (χ3v) is 6.86. The van der Waals surface area contributed by atoms with E-state index < -0.39 is 0 Å². The zero-order chi connectivity index (χ0) is 23.5. The Morgan fingerprint density at radius 2 is 0.824 bits per heavy atom. The van der Waals surface area contributed by atoms with Gasteiger partial charge in [0.05, 0.1) is 5.41 Å². The van der Waals surface area contributed by atoms with Crippen molar-refractivity contribution >= 4 is 0 Å². The van der Waals surface area contributed by atoms with Crippen LogP contribution in [0.4, 0.5) is 0 Å². The minimum Gasteiger partial charge on any atom is -0.0683 e. The molecule has 0 nitrogen and oxygen atoms in total. The molecule has 0 amide bonds. The lowest BCUT2D eigenvalue weighted by atomic mass is 9.67. The minimum absolute atomic E-state index is 0.323. The van der Waals surface area contributed by atoms with E-state index in [2.05, 4.69) is 134 Å². The van der Waals surface area contributed by atoms with Crippen molar-refractivity contribution in [2.75, 3.05) is 0 Å². The van der Waals surface area contributed by atoms with Crippen molar-refractivity contribution in [1.82, 2.24) is 0 Å². The fourth-order valence-corrected chi connectivity index (χ4v) is 5.37. The molecule has 6 rings (SSSR count). The maximum atomic E-state index is 2.32. The van der Waals surface area contributed by atoms with E-state index in [1.54, 1.807) is 0 Å². The topological polar surface area (TPSA) is 0 Å². The van der Waals surface area contributed by atoms with Crippen LogP contribution in [0.15, 0.2) is 127 Å². The van der Waals surface area contributed by atoms with Crippen LogP contribution in [0, 0.1) is 6.92 Å². The molecule has 0 atom stereocenters. The quantitative estimate of drug-likeness (QED) is 0.258. The normalized spacial score (nSPS) is 12.8. The summed E-state index contributed by atoms with van der Waals surface area (Å²) in [6.45, 7) is 6.15. The highest BCUT2D eigenvalue weighted by Crippen LogP contribution is 2.56. The summed E-state index contributed by atoms with van der Waals surface area (Å²) in [4.78, 5) is 0. The second kappa shape index (κ2) is 9.15. The van der Waals surface area contributed by atoms with Gasteiger partial charge in [-0.15, -0.1) is 0 Å². The van der Waals surface area contributed by atoms with Gasteiger partial charge in [0.25, 0.3) is 0 Å². The van der Waals surface area contributed by atoms with Gasteiger partial charge in [-0.1, -0.05) is 147 Å². The molecule has 0 fully saturated rings. The number of aryl methyl sites for hydroxylation is 1. The van der Waals surface area contributed by atoms with E-state index in [-0.39, 0.29) is 5.41 Å². The fraction of sp³-hybridized carbons (Fsp3) is 0.118. The number of hydrogen-bond donors (Lipinski definition) is 0. The van der Waals surface area contributed by atoms with Gasteiger partial charge in [-0.25, -0.2) is 0 Å². The zero-order valence-corrected chi connectivity index (χ0v) is 20.1. The largest absolute Gasteiger partial charge is 0.0713 e. The molecule has 0 N–H and O–H groups in total. The maximum absolute atomic E-state index is 2.32. The number of hydrogen-bond acceptors (Lipinski definition) is 0. The Morgan fingerprint density at radius 1 is 0.412 bits per heavy atom. The summed E-state index contributed by atoms with van der Waals surface area (Å²) in [7, 11) is 0. The molecular formula is C34H30. The molecule has 0 spiro atoms. The van der Waals surface area contributed by atoms with Crippen LogP contribution in [-0.4, -0.2) is 0 Å². The summed E-state index contributed by atoms with van der Waals surface area (Å²) in [5, 5.41) is 0. The molecule has 34 heavy (non-hydrogen) atoms. The summed E-state index contributed by atoms with van der Waals surface area (Å²) in [5.41, 5.74) is 11.4. The summed E-state index contributed by atoms with van der Waals surface area (Å²) in [6.07, 6.45) is 0. The van der Waals surface area contributed by atoms with Gasteiger partial charge >= 0.3 is 0 Å². The van der Waals surface area contributed by atoms with Crippen LogP contribution in [0.1, 0.15) is 41.7 Å². The van der Waals surface area contributed by atoms with E-state index in [0.717, 1.165) is 0 Å². The van der Waals surface area contributed by atoms with E-state index in [1.165, 1.54) is 50.1 Å². The Morgan fingerprint density at radius 3 is 1.35 bits per heavy atom. The van der Waals surface area contributed by atoms with Gasteiger partial charge in [0, 0.05) is 0 Å². The van der Waals surface area contributed by atoms with E-state index >= 15 is 0 Å². The van der Waals surface area contributed by atoms with Crippen molar-refractivity contribution in [3.8, 4) is 22.3 Å².